The molecule has 2 aromatic rings. The summed E-state index contributed by atoms with van der Waals surface area (Å²) in [5.41, 5.74) is 4.70. The zero-order valence-corrected chi connectivity index (χ0v) is 11.7. The van der Waals surface area contributed by atoms with E-state index in [1.165, 1.54) is 17.7 Å². The summed E-state index contributed by atoms with van der Waals surface area (Å²) in [5, 5.41) is 7.88. The lowest BCUT2D eigenvalue weighted by Crippen LogP contribution is -2.01. The lowest BCUT2D eigenvalue weighted by molar-refractivity contribution is 0.681. The van der Waals surface area contributed by atoms with Crippen molar-refractivity contribution in [2.24, 2.45) is 7.05 Å². The van der Waals surface area contributed by atoms with Crippen LogP contribution in [0.2, 0.25) is 0 Å². The van der Waals surface area contributed by atoms with Crippen LogP contribution in [0.4, 0.5) is 5.69 Å². The van der Waals surface area contributed by atoms with Crippen LogP contribution in [0, 0.1) is 13.8 Å². The van der Waals surface area contributed by atoms with Gasteiger partial charge in [-0.2, -0.15) is 5.10 Å². The lowest BCUT2D eigenvalue weighted by atomic mass is 10.3. The monoisotopic (exact) mass is 246 g/mol. The first-order valence-corrected chi connectivity index (χ1v) is 6.50. The van der Waals surface area contributed by atoms with E-state index in [2.05, 4.69) is 47.3 Å². The molecule has 0 aliphatic rings. The highest BCUT2D eigenvalue weighted by Gasteiger charge is 2.08. The predicted molar refractivity (Wildman–Crippen MR) is 74.7 cm³/mol. The van der Waals surface area contributed by atoms with Crippen molar-refractivity contribution in [1.82, 2.24) is 14.3 Å². The van der Waals surface area contributed by atoms with Crippen molar-refractivity contribution in [1.29, 1.82) is 0 Å². The van der Waals surface area contributed by atoms with Gasteiger partial charge in [-0.3, -0.25) is 4.68 Å². The molecule has 2 rings (SSSR count). The average molecular weight is 246 g/mol. The van der Waals surface area contributed by atoms with Gasteiger partial charge in [0.2, 0.25) is 0 Å². The van der Waals surface area contributed by atoms with Gasteiger partial charge in [0.15, 0.2) is 0 Å². The molecule has 2 aromatic heterocycles. The molecule has 0 atom stereocenters. The molecule has 0 fully saturated rings. The van der Waals surface area contributed by atoms with Gasteiger partial charge in [0.25, 0.3) is 0 Å². The van der Waals surface area contributed by atoms with E-state index in [-0.39, 0.29) is 0 Å². The van der Waals surface area contributed by atoms with Crippen molar-refractivity contribution in [2.45, 2.75) is 40.3 Å². The molecule has 0 unspecified atom stereocenters. The second-order valence-corrected chi connectivity index (χ2v) is 4.78. The van der Waals surface area contributed by atoms with Gasteiger partial charge in [-0.15, -0.1) is 0 Å². The van der Waals surface area contributed by atoms with Crippen LogP contribution in [-0.4, -0.2) is 14.3 Å². The van der Waals surface area contributed by atoms with Crippen LogP contribution in [0.1, 0.15) is 30.3 Å². The molecular weight excluding hydrogens is 224 g/mol. The summed E-state index contributed by atoms with van der Waals surface area (Å²) in [6, 6.07) is 2.17. The first-order valence-electron chi connectivity index (χ1n) is 6.50. The first-order chi connectivity index (χ1) is 8.61. The minimum atomic E-state index is 0.851. The summed E-state index contributed by atoms with van der Waals surface area (Å²) in [6.45, 7) is 8.26. The summed E-state index contributed by atoms with van der Waals surface area (Å²) >= 11 is 0. The van der Waals surface area contributed by atoms with Gasteiger partial charge >= 0.3 is 0 Å². The Labute approximate surface area is 109 Å². The van der Waals surface area contributed by atoms with Crippen molar-refractivity contribution >= 4 is 5.69 Å². The van der Waals surface area contributed by atoms with Gasteiger partial charge in [-0.1, -0.05) is 6.92 Å². The maximum atomic E-state index is 4.41. The highest BCUT2D eigenvalue weighted by molar-refractivity contribution is 5.52. The van der Waals surface area contributed by atoms with Crippen molar-refractivity contribution < 1.29 is 0 Å². The predicted octanol–water partition coefficient (Wildman–Crippen LogP) is 2.86. The largest absolute Gasteiger partial charge is 0.378 e. The molecule has 0 saturated carbocycles. The molecule has 98 valence electrons. The SMILES string of the molecule is CCCn1ccc(CNc2c(C)nn(C)c2C)c1. The number of aryl methyl sites for hydroxylation is 3. The van der Waals surface area contributed by atoms with E-state index in [0.717, 1.165) is 24.5 Å². The Bertz CT molecular complexity index is 522. The summed E-state index contributed by atoms with van der Waals surface area (Å²) < 4.78 is 4.15. The van der Waals surface area contributed by atoms with E-state index < -0.39 is 0 Å². The molecule has 0 aliphatic carbocycles. The molecule has 4 heteroatoms. The number of hydrogen-bond acceptors (Lipinski definition) is 2. The second-order valence-electron chi connectivity index (χ2n) is 4.78. The highest BCUT2D eigenvalue weighted by atomic mass is 15.3. The molecule has 0 spiro atoms. The molecule has 0 radical (unpaired) electrons. The van der Waals surface area contributed by atoms with Gasteiger partial charge in [-0.25, -0.2) is 0 Å². The van der Waals surface area contributed by atoms with Crippen molar-refractivity contribution in [2.75, 3.05) is 5.32 Å². The molecule has 0 aliphatic heterocycles. The van der Waals surface area contributed by atoms with Gasteiger partial charge in [0, 0.05) is 32.5 Å². The van der Waals surface area contributed by atoms with Crippen LogP contribution in [0.25, 0.3) is 0 Å². The Hall–Kier alpha value is -1.71. The number of nitrogens with one attached hydrogen (secondary N) is 1. The van der Waals surface area contributed by atoms with Crippen LogP contribution in [-0.2, 0) is 20.1 Å². The molecule has 18 heavy (non-hydrogen) atoms. The molecule has 2 heterocycles. The summed E-state index contributed by atoms with van der Waals surface area (Å²) in [6.07, 6.45) is 5.52. The van der Waals surface area contributed by atoms with E-state index in [1.54, 1.807) is 0 Å². The quantitative estimate of drug-likeness (QED) is 0.880. The maximum absolute atomic E-state index is 4.41. The van der Waals surface area contributed by atoms with E-state index in [1.807, 2.05) is 18.7 Å². The van der Waals surface area contributed by atoms with Crippen LogP contribution >= 0.6 is 0 Å². The van der Waals surface area contributed by atoms with Crippen LogP contribution in [0.5, 0.6) is 0 Å². The molecular formula is C14H22N4. The van der Waals surface area contributed by atoms with E-state index in [9.17, 15) is 0 Å². The Kier molecular flexibility index (Phi) is 3.75. The third-order valence-corrected chi connectivity index (χ3v) is 3.27. The third-order valence-electron chi connectivity index (χ3n) is 3.27. The highest BCUT2D eigenvalue weighted by Crippen LogP contribution is 2.19. The lowest BCUT2D eigenvalue weighted by Gasteiger charge is -2.05. The number of anilines is 1. The summed E-state index contributed by atoms with van der Waals surface area (Å²) in [7, 11) is 1.98. The van der Waals surface area contributed by atoms with E-state index in [0.29, 0.717) is 0 Å². The van der Waals surface area contributed by atoms with Crippen LogP contribution in [0.15, 0.2) is 18.5 Å². The number of nitrogens with zero attached hydrogens (tertiary/aromatic N) is 3. The first kappa shape index (κ1) is 12.7. The molecule has 4 nitrogen and oxygen atoms in total. The number of rotatable bonds is 5. The normalized spacial score (nSPS) is 10.9. The second kappa shape index (κ2) is 5.29. The Morgan fingerprint density at radius 2 is 2.11 bits per heavy atom. The van der Waals surface area contributed by atoms with Gasteiger partial charge in [-0.05, 0) is 31.9 Å². The standard InChI is InChI=1S/C14H22N4/c1-5-7-18-8-6-13(10-18)9-15-14-11(2)16-17(4)12(14)3/h6,8,10,15H,5,7,9H2,1-4H3. The van der Waals surface area contributed by atoms with Crippen LogP contribution < -0.4 is 5.32 Å². The van der Waals surface area contributed by atoms with Gasteiger partial charge < -0.3 is 9.88 Å². The molecule has 0 saturated heterocycles. The maximum Gasteiger partial charge on any atom is 0.0827 e. The van der Waals surface area contributed by atoms with Crippen molar-refractivity contribution in [3.05, 3.63) is 35.4 Å². The molecule has 0 bridgehead atoms. The van der Waals surface area contributed by atoms with E-state index in [4.69, 9.17) is 0 Å². The zero-order chi connectivity index (χ0) is 13.1. The summed E-state index contributed by atoms with van der Waals surface area (Å²) in [5.74, 6) is 0. The van der Waals surface area contributed by atoms with Gasteiger partial charge in [0.1, 0.15) is 0 Å². The Balaban J connectivity index is 2.02. The molecule has 0 amide bonds. The number of aromatic nitrogens is 3. The minimum Gasteiger partial charge on any atom is -0.378 e. The van der Waals surface area contributed by atoms with Crippen molar-refractivity contribution in [3.8, 4) is 0 Å². The molecule has 1 N–H and O–H groups in total. The Morgan fingerprint density at radius 3 is 2.72 bits per heavy atom. The fourth-order valence-electron chi connectivity index (χ4n) is 2.21. The minimum absolute atomic E-state index is 0.851. The third kappa shape index (κ3) is 2.58. The smallest absolute Gasteiger partial charge is 0.0827 e. The summed E-state index contributed by atoms with van der Waals surface area (Å²) in [4.78, 5) is 0. The topological polar surface area (TPSA) is 34.8 Å². The fourth-order valence-corrected chi connectivity index (χ4v) is 2.21. The Morgan fingerprint density at radius 1 is 1.33 bits per heavy atom. The zero-order valence-electron chi connectivity index (χ0n) is 11.7. The van der Waals surface area contributed by atoms with E-state index >= 15 is 0 Å². The fraction of sp³-hybridized carbons (Fsp3) is 0.500. The number of hydrogen-bond donors (Lipinski definition) is 1. The van der Waals surface area contributed by atoms with Gasteiger partial charge in [0.05, 0.1) is 17.1 Å². The van der Waals surface area contributed by atoms with Crippen molar-refractivity contribution in [3.63, 3.8) is 0 Å². The molecule has 0 aromatic carbocycles. The van der Waals surface area contributed by atoms with Crippen LogP contribution in [0.3, 0.4) is 0 Å². The average Bonchev–Trinajstić information content (AvgIpc) is 2.85.